The van der Waals surface area contributed by atoms with Gasteiger partial charge in [-0.2, -0.15) is 0 Å². The first kappa shape index (κ1) is 16.2. The van der Waals surface area contributed by atoms with Gasteiger partial charge < -0.3 is 9.47 Å². The number of imidazole rings is 1. The maximum atomic E-state index is 5.95. The number of fused-ring (bicyclic) bond motifs is 1. The van der Waals surface area contributed by atoms with Crippen molar-refractivity contribution in [2.75, 3.05) is 26.5 Å². The van der Waals surface area contributed by atoms with Crippen LogP contribution in [0.1, 0.15) is 25.2 Å². The zero-order valence-electron chi connectivity index (χ0n) is 13.6. The molecule has 0 aliphatic heterocycles. The first-order chi connectivity index (χ1) is 9.84. The van der Waals surface area contributed by atoms with Crippen molar-refractivity contribution in [3.8, 4) is 0 Å². The van der Waals surface area contributed by atoms with Crippen molar-refractivity contribution in [1.29, 1.82) is 0 Å². The van der Waals surface area contributed by atoms with Gasteiger partial charge in [-0.1, -0.05) is 13.8 Å². The van der Waals surface area contributed by atoms with Gasteiger partial charge in [0.25, 0.3) is 0 Å². The fraction of sp³-hybridized carbons (Fsp3) is 0.625. The van der Waals surface area contributed by atoms with E-state index in [9.17, 15) is 0 Å². The number of nitrogens with zero attached hydrogens (tertiary/aromatic N) is 4. The van der Waals surface area contributed by atoms with E-state index in [2.05, 4.69) is 49.3 Å². The van der Waals surface area contributed by atoms with E-state index >= 15 is 0 Å². The molecular formula is C16H25ClN4. The maximum absolute atomic E-state index is 5.95. The van der Waals surface area contributed by atoms with Crippen molar-refractivity contribution in [2.24, 2.45) is 5.41 Å². The Morgan fingerprint density at radius 2 is 2.05 bits per heavy atom. The van der Waals surface area contributed by atoms with Crippen molar-refractivity contribution < 1.29 is 0 Å². The first-order valence-electron chi connectivity index (χ1n) is 7.35. The molecule has 0 saturated heterocycles. The summed E-state index contributed by atoms with van der Waals surface area (Å²) in [5, 5.41) is 0. The molecule has 0 spiro atoms. The molecule has 0 aliphatic carbocycles. The summed E-state index contributed by atoms with van der Waals surface area (Å²) in [6, 6.07) is 2.01. The molecule has 116 valence electrons. The van der Waals surface area contributed by atoms with Crippen molar-refractivity contribution in [2.45, 2.75) is 33.7 Å². The van der Waals surface area contributed by atoms with Crippen molar-refractivity contribution in [1.82, 2.24) is 19.4 Å². The van der Waals surface area contributed by atoms with Gasteiger partial charge in [-0.15, -0.1) is 11.6 Å². The Kier molecular flexibility index (Phi) is 4.89. The highest BCUT2D eigenvalue weighted by Crippen LogP contribution is 2.25. The molecular weight excluding hydrogens is 284 g/mol. The van der Waals surface area contributed by atoms with Crippen LogP contribution >= 0.6 is 11.6 Å². The molecule has 0 N–H and O–H groups in total. The van der Waals surface area contributed by atoms with Crippen LogP contribution in [-0.2, 0) is 13.0 Å². The van der Waals surface area contributed by atoms with Crippen LogP contribution in [0.25, 0.3) is 11.2 Å². The lowest BCUT2D eigenvalue weighted by Gasteiger charge is -2.29. The third-order valence-electron chi connectivity index (χ3n) is 3.56. The van der Waals surface area contributed by atoms with Gasteiger partial charge in [-0.3, -0.25) is 0 Å². The van der Waals surface area contributed by atoms with Crippen molar-refractivity contribution >= 4 is 22.8 Å². The van der Waals surface area contributed by atoms with Crippen LogP contribution in [0.15, 0.2) is 12.3 Å². The third kappa shape index (κ3) is 3.74. The Morgan fingerprint density at radius 1 is 1.33 bits per heavy atom. The first-order valence-corrected chi connectivity index (χ1v) is 7.89. The van der Waals surface area contributed by atoms with Gasteiger partial charge in [0.1, 0.15) is 11.3 Å². The number of aromatic nitrogens is 3. The molecule has 21 heavy (non-hydrogen) atoms. The summed E-state index contributed by atoms with van der Waals surface area (Å²) in [6.45, 7) is 8.54. The number of alkyl halides is 1. The minimum Gasteiger partial charge on any atom is -0.312 e. The van der Waals surface area contributed by atoms with E-state index in [4.69, 9.17) is 16.6 Å². The zero-order valence-corrected chi connectivity index (χ0v) is 14.4. The third-order valence-corrected chi connectivity index (χ3v) is 3.75. The minimum absolute atomic E-state index is 0.142. The number of hydrogen-bond donors (Lipinski definition) is 0. The molecule has 0 aromatic carbocycles. The Labute approximate surface area is 132 Å². The van der Waals surface area contributed by atoms with E-state index < -0.39 is 0 Å². The summed E-state index contributed by atoms with van der Waals surface area (Å²) in [5.41, 5.74) is 3.28. The molecule has 0 radical (unpaired) electrons. The van der Waals surface area contributed by atoms with Crippen molar-refractivity contribution in [3.05, 3.63) is 23.7 Å². The molecule has 0 atom stereocenters. The lowest BCUT2D eigenvalue weighted by atomic mass is 9.92. The number of pyridine rings is 1. The summed E-state index contributed by atoms with van der Waals surface area (Å²) < 4.78 is 2.24. The lowest BCUT2D eigenvalue weighted by molar-refractivity contribution is 0.211. The number of halogens is 1. The van der Waals surface area contributed by atoms with Crippen LogP contribution in [0, 0.1) is 12.3 Å². The Morgan fingerprint density at radius 3 is 2.67 bits per heavy atom. The highest BCUT2D eigenvalue weighted by atomic mass is 35.5. The molecule has 0 aliphatic rings. The number of aryl methyl sites for hydroxylation is 2. The monoisotopic (exact) mass is 308 g/mol. The second-order valence-corrected chi connectivity index (χ2v) is 7.13. The Bertz CT molecular complexity index is 616. The molecule has 5 heteroatoms. The van der Waals surface area contributed by atoms with Gasteiger partial charge in [0.2, 0.25) is 0 Å². The van der Waals surface area contributed by atoms with Gasteiger partial charge in [-0.05, 0) is 38.1 Å². The Hall–Kier alpha value is -1.13. The number of hydrogen-bond acceptors (Lipinski definition) is 3. The van der Waals surface area contributed by atoms with Crippen LogP contribution in [0.3, 0.4) is 0 Å². The van der Waals surface area contributed by atoms with Gasteiger partial charge in [0, 0.05) is 31.6 Å². The molecule has 2 rings (SSSR count). The summed E-state index contributed by atoms with van der Waals surface area (Å²) in [4.78, 5) is 11.5. The van der Waals surface area contributed by atoms with Crippen LogP contribution in [-0.4, -0.2) is 46.0 Å². The summed E-state index contributed by atoms with van der Waals surface area (Å²) >= 11 is 5.95. The van der Waals surface area contributed by atoms with Gasteiger partial charge in [0.15, 0.2) is 5.65 Å². The molecule has 0 saturated carbocycles. The quantitative estimate of drug-likeness (QED) is 0.769. The molecule has 2 aromatic heterocycles. The normalized spacial score (nSPS) is 12.5. The minimum atomic E-state index is 0.142. The van der Waals surface area contributed by atoms with E-state index in [-0.39, 0.29) is 5.41 Å². The van der Waals surface area contributed by atoms with Gasteiger partial charge in [0.05, 0.1) is 0 Å². The van der Waals surface area contributed by atoms with Gasteiger partial charge in [-0.25, -0.2) is 9.97 Å². The highest BCUT2D eigenvalue weighted by Gasteiger charge is 2.23. The molecule has 0 unspecified atom stereocenters. The maximum Gasteiger partial charge on any atom is 0.160 e. The Balaban J connectivity index is 2.45. The SMILES string of the molecule is Cc1ccnc2c1nc(CCCl)n2CC(C)(C)CN(C)C. The van der Waals surface area contributed by atoms with E-state index in [0.29, 0.717) is 5.88 Å². The molecule has 0 amide bonds. The van der Waals surface area contributed by atoms with Crippen LogP contribution in [0.4, 0.5) is 0 Å². The summed E-state index contributed by atoms with van der Waals surface area (Å²) in [6.07, 6.45) is 2.63. The van der Waals surface area contributed by atoms with E-state index in [1.54, 1.807) is 0 Å². The molecule has 2 aromatic rings. The second kappa shape index (κ2) is 6.32. The summed E-state index contributed by atoms with van der Waals surface area (Å²) in [7, 11) is 4.21. The van der Waals surface area contributed by atoms with Crippen LogP contribution < -0.4 is 0 Å². The smallest absolute Gasteiger partial charge is 0.160 e. The predicted molar refractivity (Wildman–Crippen MR) is 89.0 cm³/mol. The van der Waals surface area contributed by atoms with E-state index in [1.807, 2.05) is 12.3 Å². The van der Waals surface area contributed by atoms with Crippen molar-refractivity contribution in [3.63, 3.8) is 0 Å². The fourth-order valence-corrected chi connectivity index (χ4v) is 3.13. The van der Waals surface area contributed by atoms with E-state index in [0.717, 1.165) is 36.5 Å². The standard InChI is InChI=1S/C16H25ClN4/c1-12-7-9-18-15-14(12)19-13(6-8-17)21(15)11-16(2,3)10-20(4)5/h7,9H,6,8,10-11H2,1-5H3. The van der Waals surface area contributed by atoms with E-state index in [1.165, 1.54) is 5.56 Å². The predicted octanol–water partition coefficient (Wildman–Crippen LogP) is 3.11. The van der Waals surface area contributed by atoms with Crippen LogP contribution in [0.5, 0.6) is 0 Å². The van der Waals surface area contributed by atoms with Gasteiger partial charge >= 0.3 is 0 Å². The highest BCUT2D eigenvalue weighted by molar-refractivity contribution is 6.17. The largest absolute Gasteiger partial charge is 0.312 e. The fourth-order valence-electron chi connectivity index (χ4n) is 2.96. The number of rotatable bonds is 6. The summed E-state index contributed by atoms with van der Waals surface area (Å²) in [5.74, 6) is 1.62. The molecule has 0 bridgehead atoms. The molecule has 0 fully saturated rings. The molecule has 2 heterocycles. The lowest BCUT2D eigenvalue weighted by Crippen LogP contribution is -2.33. The second-order valence-electron chi connectivity index (χ2n) is 6.76. The average molecular weight is 309 g/mol. The molecule has 4 nitrogen and oxygen atoms in total. The van der Waals surface area contributed by atoms with Crippen LogP contribution in [0.2, 0.25) is 0 Å². The topological polar surface area (TPSA) is 34.0 Å². The average Bonchev–Trinajstić information content (AvgIpc) is 2.68. The zero-order chi connectivity index (χ0) is 15.6.